The van der Waals surface area contributed by atoms with Crippen molar-refractivity contribution in [1.29, 1.82) is 0 Å². The molecule has 0 aliphatic heterocycles. The maximum absolute atomic E-state index is 4.66. The van der Waals surface area contributed by atoms with Gasteiger partial charge in [-0.3, -0.25) is 0 Å². The molecular formula is C14H8N4. The number of aromatic nitrogens is 4. The number of nitrogens with one attached hydrogen (secondary N) is 2. The van der Waals surface area contributed by atoms with Crippen LogP contribution in [0.4, 0.5) is 0 Å². The monoisotopic (exact) mass is 232 g/mol. The molecule has 3 heterocycles. The molecule has 5 bridgehead atoms. The van der Waals surface area contributed by atoms with Crippen LogP contribution in [0, 0.1) is 0 Å². The minimum absolute atomic E-state index is 0.797. The molecule has 0 atom stereocenters. The average Bonchev–Trinajstić information content (AvgIpc) is 3.00. The molecule has 4 heteroatoms. The lowest BCUT2D eigenvalue weighted by Crippen LogP contribution is -1.75. The molecule has 0 spiro atoms. The van der Waals surface area contributed by atoms with Crippen molar-refractivity contribution in [3.63, 3.8) is 0 Å². The van der Waals surface area contributed by atoms with Gasteiger partial charge in [-0.15, -0.1) is 0 Å². The van der Waals surface area contributed by atoms with Gasteiger partial charge in [0.05, 0.1) is 22.1 Å². The first-order chi connectivity index (χ1) is 8.88. The summed E-state index contributed by atoms with van der Waals surface area (Å²) in [6.45, 7) is 0. The van der Waals surface area contributed by atoms with Crippen molar-refractivity contribution in [2.24, 2.45) is 0 Å². The Kier molecular flexibility index (Phi) is 1.23. The van der Waals surface area contributed by atoms with Crippen LogP contribution in [0.2, 0.25) is 0 Å². The highest BCUT2D eigenvalue weighted by molar-refractivity contribution is 6.07. The predicted octanol–water partition coefficient (Wildman–Crippen LogP) is 3.18. The predicted molar refractivity (Wildman–Crippen MR) is 71.9 cm³/mol. The third-order valence-corrected chi connectivity index (χ3v) is 3.53. The SMILES string of the molecule is c1cc2[nH]c3nc2c(c1)c1ccc2nc3[nH]c2c1. The second-order valence-corrected chi connectivity index (χ2v) is 4.60. The first-order valence-electron chi connectivity index (χ1n) is 5.88. The Bertz CT molecular complexity index is 1020. The second kappa shape index (κ2) is 2.61. The van der Waals surface area contributed by atoms with Gasteiger partial charge in [0.15, 0.2) is 11.3 Å². The fourth-order valence-electron chi connectivity index (χ4n) is 2.67. The minimum Gasteiger partial charge on any atom is -0.335 e. The zero-order valence-corrected chi connectivity index (χ0v) is 9.36. The zero-order valence-electron chi connectivity index (χ0n) is 9.36. The van der Waals surface area contributed by atoms with Gasteiger partial charge in [-0.1, -0.05) is 18.2 Å². The number of fused-ring (bicyclic) bond motifs is 5. The Hall–Kier alpha value is -2.62. The van der Waals surface area contributed by atoms with Gasteiger partial charge in [0.25, 0.3) is 0 Å². The van der Waals surface area contributed by atoms with E-state index >= 15 is 0 Å². The van der Waals surface area contributed by atoms with Crippen molar-refractivity contribution in [2.75, 3.05) is 0 Å². The van der Waals surface area contributed by atoms with Gasteiger partial charge in [0.1, 0.15) is 0 Å². The smallest absolute Gasteiger partial charge is 0.174 e. The van der Waals surface area contributed by atoms with Gasteiger partial charge in [-0.2, -0.15) is 0 Å². The number of nitrogens with zero attached hydrogens (tertiary/aromatic N) is 2. The molecule has 2 aromatic carbocycles. The molecule has 0 amide bonds. The molecule has 4 nitrogen and oxygen atoms in total. The molecule has 0 aliphatic carbocycles. The van der Waals surface area contributed by atoms with Crippen LogP contribution >= 0.6 is 0 Å². The van der Waals surface area contributed by atoms with Gasteiger partial charge in [-0.25, -0.2) is 9.97 Å². The first-order valence-corrected chi connectivity index (χ1v) is 5.88. The van der Waals surface area contributed by atoms with E-state index in [1.54, 1.807) is 0 Å². The Labute approximate surface area is 101 Å². The summed E-state index contributed by atoms with van der Waals surface area (Å²) in [6.07, 6.45) is 0. The summed E-state index contributed by atoms with van der Waals surface area (Å²) in [5.41, 5.74) is 5.68. The molecule has 5 aromatic rings. The van der Waals surface area contributed by atoms with Crippen LogP contribution in [-0.4, -0.2) is 19.9 Å². The number of H-pyrrole nitrogens is 2. The van der Waals surface area contributed by atoms with Crippen molar-refractivity contribution >= 4 is 44.1 Å². The Morgan fingerprint density at radius 2 is 1.72 bits per heavy atom. The lowest BCUT2D eigenvalue weighted by molar-refractivity contribution is 1.39. The van der Waals surface area contributed by atoms with Crippen LogP contribution in [0.3, 0.4) is 0 Å². The van der Waals surface area contributed by atoms with Crippen LogP contribution in [0.15, 0.2) is 36.4 Å². The molecule has 3 aromatic heterocycles. The summed E-state index contributed by atoms with van der Waals surface area (Å²) < 4.78 is 0. The van der Waals surface area contributed by atoms with Crippen molar-refractivity contribution in [2.45, 2.75) is 0 Å². The molecule has 0 aliphatic rings. The van der Waals surface area contributed by atoms with Crippen molar-refractivity contribution in [3.05, 3.63) is 36.4 Å². The van der Waals surface area contributed by atoms with Crippen molar-refractivity contribution < 1.29 is 0 Å². The maximum Gasteiger partial charge on any atom is 0.174 e. The first kappa shape index (κ1) is 8.47. The van der Waals surface area contributed by atoms with E-state index in [1.165, 1.54) is 5.39 Å². The summed E-state index contributed by atoms with van der Waals surface area (Å²) in [5.74, 6) is 0. The van der Waals surface area contributed by atoms with E-state index in [1.807, 2.05) is 6.07 Å². The average molecular weight is 232 g/mol. The van der Waals surface area contributed by atoms with Gasteiger partial charge >= 0.3 is 0 Å². The topological polar surface area (TPSA) is 57.4 Å². The summed E-state index contributed by atoms with van der Waals surface area (Å²) >= 11 is 0. The molecule has 0 radical (unpaired) electrons. The Morgan fingerprint density at radius 1 is 0.833 bits per heavy atom. The number of aromatic amines is 2. The van der Waals surface area contributed by atoms with Crippen LogP contribution in [0.5, 0.6) is 0 Å². The van der Waals surface area contributed by atoms with Gasteiger partial charge in [-0.05, 0) is 23.6 Å². The Balaban J connectivity index is 2.33. The van der Waals surface area contributed by atoms with Gasteiger partial charge in [0, 0.05) is 5.39 Å². The van der Waals surface area contributed by atoms with E-state index < -0.39 is 0 Å². The zero-order chi connectivity index (χ0) is 11.7. The molecule has 2 N–H and O–H groups in total. The number of benzene rings is 2. The molecule has 0 saturated heterocycles. The Morgan fingerprint density at radius 3 is 2.72 bits per heavy atom. The van der Waals surface area contributed by atoms with E-state index in [9.17, 15) is 0 Å². The highest BCUT2D eigenvalue weighted by Crippen LogP contribution is 2.27. The van der Waals surface area contributed by atoms with Gasteiger partial charge in [0.2, 0.25) is 0 Å². The number of rotatable bonds is 0. The summed E-state index contributed by atoms with van der Waals surface area (Å²) in [5, 5.41) is 2.33. The molecule has 0 unspecified atom stereocenters. The maximum atomic E-state index is 4.66. The molecule has 18 heavy (non-hydrogen) atoms. The highest BCUT2D eigenvalue weighted by Gasteiger charge is 2.09. The number of imidazole rings is 2. The lowest BCUT2D eigenvalue weighted by atomic mass is 10.1. The van der Waals surface area contributed by atoms with Crippen LogP contribution < -0.4 is 0 Å². The van der Waals surface area contributed by atoms with E-state index in [0.29, 0.717) is 0 Å². The van der Waals surface area contributed by atoms with Gasteiger partial charge < -0.3 is 9.97 Å². The van der Waals surface area contributed by atoms with Crippen molar-refractivity contribution in [3.8, 4) is 0 Å². The fraction of sp³-hybridized carbons (Fsp3) is 0. The van der Waals surface area contributed by atoms with E-state index in [0.717, 1.165) is 38.7 Å². The number of hydrogen-bond acceptors (Lipinski definition) is 2. The second-order valence-electron chi connectivity index (χ2n) is 4.60. The third-order valence-electron chi connectivity index (χ3n) is 3.53. The van der Waals surface area contributed by atoms with E-state index in [-0.39, 0.29) is 0 Å². The quantitative estimate of drug-likeness (QED) is 0.431. The molecule has 0 fully saturated rings. The summed E-state index contributed by atoms with van der Waals surface area (Å²) in [6, 6.07) is 12.5. The lowest BCUT2D eigenvalue weighted by Gasteiger charge is -1.96. The number of hydrogen-bond donors (Lipinski definition) is 2. The summed E-state index contributed by atoms with van der Waals surface area (Å²) in [4.78, 5) is 15.8. The fourth-order valence-corrected chi connectivity index (χ4v) is 2.67. The normalized spacial score (nSPS) is 12.4. The van der Waals surface area contributed by atoms with E-state index in [4.69, 9.17) is 0 Å². The molecule has 0 saturated carbocycles. The van der Waals surface area contributed by atoms with Crippen LogP contribution in [0.25, 0.3) is 44.1 Å². The molecule has 5 rings (SSSR count). The molecule has 84 valence electrons. The third kappa shape index (κ3) is 0.876. The number of para-hydroxylation sites is 1. The van der Waals surface area contributed by atoms with E-state index in [2.05, 4.69) is 50.3 Å². The van der Waals surface area contributed by atoms with Crippen LogP contribution in [-0.2, 0) is 0 Å². The minimum atomic E-state index is 0.797. The highest BCUT2D eigenvalue weighted by atomic mass is 15.0. The molecular weight excluding hydrogens is 224 g/mol. The summed E-state index contributed by atoms with van der Waals surface area (Å²) in [7, 11) is 0. The van der Waals surface area contributed by atoms with Crippen LogP contribution in [0.1, 0.15) is 0 Å². The standard InChI is InChI=1S/C14H8N4/c1-2-8-7-4-5-9-11(6-7)17-13(15-9)14-16-10(3-1)12(8)18-14/h1-6H,(H,15,17)(H,16,18). The largest absolute Gasteiger partial charge is 0.335 e. The van der Waals surface area contributed by atoms with Crippen molar-refractivity contribution in [1.82, 2.24) is 19.9 Å².